The Morgan fingerprint density at radius 3 is 2.81 bits per heavy atom. The van der Waals surface area contributed by atoms with E-state index in [1.165, 1.54) is 28.7 Å². The van der Waals surface area contributed by atoms with Gasteiger partial charge in [0.2, 0.25) is 0 Å². The summed E-state index contributed by atoms with van der Waals surface area (Å²) in [6.07, 6.45) is 4.95. The first-order valence-electron chi connectivity index (χ1n) is 7.55. The Kier molecular flexibility index (Phi) is 4.67. The van der Waals surface area contributed by atoms with E-state index < -0.39 is 0 Å². The molecule has 0 fully saturated rings. The molecule has 21 heavy (non-hydrogen) atoms. The van der Waals surface area contributed by atoms with Crippen molar-refractivity contribution in [1.29, 1.82) is 0 Å². The minimum atomic E-state index is -0.239. The third kappa shape index (κ3) is 3.02. The Bertz CT molecular complexity index is 608. The second kappa shape index (κ2) is 6.68. The Balaban J connectivity index is 1.80. The van der Waals surface area contributed by atoms with Gasteiger partial charge in [-0.3, -0.25) is 0 Å². The number of nitrogens with one attached hydrogen (secondary N) is 1. The van der Waals surface area contributed by atoms with Crippen molar-refractivity contribution in [3.8, 4) is 0 Å². The lowest BCUT2D eigenvalue weighted by Crippen LogP contribution is -2.26. The van der Waals surface area contributed by atoms with Gasteiger partial charge >= 0.3 is 0 Å². The Morgan fingerprint density at radius 1 is 1.24 bits per heavy atom. The number of aromatic nitrogens is 2. The maximum absolute atomic E-state index is 5.56. The molecule has 1 N–H and O–H groups in total. The second-order valence-electron chi connectivity index (χ2n) is 4.98. The SMILES string of the molecule is CCOC(CNc1ncnc2sc3c(c12)CCC3)OCC. The molecule has 6 heteroatoms. The average molecular weight is 307 g/mol. The van der Waals surface area contributed by atoms with E-state index >= 15 is 0 Å². The van der Waals surface area contributed by atoms with Crippen molar-refractivity contribution >= 4 is 27.4 Å². The van der Waals surface area contributed by atoms with Crippen LogP contribution in [0.3, 0.4) is 0 Å². The van der Waals surface area contributed by atoms with Gasteiger partial charge in [-0.05, 0) is 38.7 Å². The zero-order valence-electron chi connectivity index (χ0n) is 12.5. The fraction of sp³-hybridized carbons (Fsp3) is 0.600. The number of anilines is 1. The van der Waals surface area contributed by atoms with Gasteiger partial charge in [-0.25, -0.2) is 9.97 Å². The van der Waals surface area contributed by atoms with Gasteiger partial charge < -0.3 is 14.8 Å². The number of fused-ring (bicyclic) bond motifs is 3. The molecular formula is C15H21N3O2S. The molecule has 3 rings (SSSR count). The summed E-state index contributed by atoms with van der Waals surface area (Å²) in [6, 6.07) is 0. The van der Waals surface area contributed by atoms with Crippen molar-refractivity contribution in [3.63, 3.8) is 0 Å². The van der Waals surface area contributed by atoms with Crippen molar-refractivity contribution < 1.29 is 9.47 Å². The zero-order chi connectivity index (χ0) is 14.7. The molecule has 0 bridgehead atoms. The van der Waals surface area contributed by atoms with Crippen molar-refractivity contribution in [2.75, 3.05) is 25.1 Å². The molecule has 0 atom stereocenters. The van der Waals surface area contributed by atoms with E-state index in [1.54, 1.807) is 17.7 Å². The van der Waals surface area contributed by atoms with Crippen molar-refractivity contribution in [3.05, 3.63) is 16.8 Å². The summed E-state index contributed by atoms with van der Waals surface area (Å²) in [5.41, 5.74) is 1.43. The quantitative estimate of drug-likeness (QED) is 0.797. The molecule has 0 radical (unpaired) electrons. The van der Waals surface area contributed by atoms with E-state index in [2.05, 4.69) is 15.3 Å². The molecule has 2 aromatic heterocycles. The van der Waals surface area contributed by atoms with Crippen LogP contribution in [0.5, 0.6) is 0 Å². The third-order valence-corrected chi connectivity index (χ3v) is 4.84. The summed E-state index contributed by atoms with van der Waals surface area (Å²) in [4.78, 5) is 11.4. The van der Waals surface area contributed by atoms with E-state index in [0.717, 1.165) is 17.1 Å². The lowest BCUT2D eigenvalue weighted by atomic mass is 10.2. The van der Waals surface area contributed by atoms with Gasteiger partial charge in [-0.1, -0.05) is 0 Å². The molecule has 0 aliphatic heterocycles. The number of rotatable bonds is 7. The maximum atomic E-state index is 5.56. The molecule has 5 nitrogen and oxygen atoms in total. The molecular weight excluding hydrogens is 286 g/mol. The first kappa shape index (κ1) is 14.7. The highest BCUT2D eigenvalue weighted by atomic mass is 32.1. The Hall–Kier alpha value is -1.24. The minimum absolute atomic E-state index is 0.239. The van der Waals surface area contributed by atoms with Gasteiger partial charge in [0.1, 0.15) is 17.0 Å². The molecule has 0 spiro atoms. The number of hydrogen-bond acceptors (Lipinski definition) is 6. The number of thiophene rings is 1. The number of hydrogen-bond donors (Lipinski definition) is 1. The summed E-state index contributed by atoms with van der Waals surface area (Å²) in [7, 11) is 0. The fourth-order valence-electron chi connectivity index (χ4n) is 2.78. The highest BCUT2D eigenvalue weighted by Crippen LogP contribution is 2.38. The van der Waals surface area contributed by atoms with E-state index in [4.69, 9.17) is 9.47 Å². The predicted octanol–water partition coefficient (Wildman–Crippen LogP) is 2.99. The van der Waals surface area contributed by atoms with Crippen LogP contribution in [0.15, 0.2) is 6.33 Å². The molecule has 0 saturated carbocycles. The molecule has 114 valence electrons. The smallest absolute Gasteiger partial charge is 0.174 e. The van der Waals surface area contributed by atoms with Crippen LogP contribution in [0.4, 0.5) is 5.82 Å². The molecule has 0 amide bonds. The number of aryl methyl sites for hydroxylation is 2. The van der Waals surface area contributed by atoms with Crippen LogP contribution in [0.25, 0.3) is 10.2 Å². The molecule has 0 unspecified atom stereocenters. The van der Waals surface area contributed by atoms with Crippen LogP contribution in [-0.4, -0.2) is 36.0 Å². The lowest BCUT2D eigenvalue weighted by molar-refractivity contribution is -0.126. The van der Waals surface area contributed by atoms with Gasteiger partial charge in [-0.15, -0.1) is 11.3 Å². The van der Waals surface area contributed by atoms with E-state index in [-0.39, 0.29) is 6.29 Å². The number of ether oxygens (including phenoxy) is 2. The minimum Gasteiger partial charge on any atom is -0.364 e. The van der Waals surface area contributed by atoms with Crippen molar-refractivity contribution in [2.45, 2.75) is 39.4 Å². The van der Waals surface area contributed by atoms with Gasteiger partial charge in [0.05, 0.1) is 11.9 Å². The fourth-order valence-corrected chi connectivity index (χ4v) is 4.01. The molecule has 2 aromatic rings. The van der Waals surface area contributed by atoms with Crippen molar-refractivity contribution in [2.24, 2.45) is 0 Å². The maximum Gasteiger partial charge on any atom is 0.174 e. The highest BCUT2D eigenvalue weighted by Gasteiger charge is 2.21. The van der Waals surface area contributed by atoms with Crippen LogP contribution in [0.2, 0.25) is 0 Å². The van der Waals surface area contributed by atoms with Gasteiger partial charge in [0, 0.05) is 18.1 Å². The summed E-state index contributed by atoms with van der Waals surface area (Å²) in [5.74, 6) is 0.906. The normalized spacial score (nSPS) is 14.0. The Labute approximate surface area is 128 Å². The predicted molar refractivity (Wildman–Crippen MR) is 85.0 cm³/mol. The van der Waals surface area contributed by atoms with E-state index in [0.29, 0.717) is 19.8 Å². The third-order valence-electron chi connectivity index (χ3n) is 3.64. The average Bonchev–Trinajstić information content (AvgIpc) is 3.05. The topological polar surface area (TPSA) is 56.3 Å². The highest BCUT2D eigenvalue weighted by molar-refractivity contribution is 7.19. The van der Waals surface area contributed by atoms with Gasteiger partial charge in [0.25, 0.3) is 0 Å². The van der Waals surface area contributed by atoms with Crippen LogP contribution < -0.4 is 5.32 Å². The van der Waals surface area contributed by atoms with Crippen LogP contribution in [0.1, 0.15) is 30.7 Å². The largest absolute Gasteiger partial charge is 0.364 e. The first-order valence-corrected chi connectivity index (χ1v) is 8.37. The van der Waals surface area contributed by atoms with E-state index in [9.17, 15) is 0 Å². The van der Waals surface area contributed by atoms with Crippen molar-refractivity contribution in [1.82, 2.24) is 9.97 Å². The molecule has 2 heterocycles. The van der Waals surface area contributed by atoms with Crippen LogP contribution in [0, 0.1) is 0 Å². The first-order chi connectivity index (χ1) is 10.3. The molecule has 0 saturated heterocycles. The summed E-state index contributed by atoms with van der Waals surface area (Å²) in [6.45, 7) is 5.82. The van der Waals surface area contributed by atoms with Gasteiger partial charge in [0.15, 0.2) is 6.29 Å². The zero-order valence-corrected chi connectivity index (χ0v) is 13.3. The summed E-state index contributed by atoms with van der Waals surface area (Å²) in [5, 5.41) is 4.57. The number of nitrogens with zero attached hydrogens (tertiary/aromatic N) is 2. The lowest BCUT2D eigenvalue weighted by Gasteiger charge is -2.18. The molecule has 1 aliphatic carbocycles. The van der Waals surface area contributed by atoms with Crippen LogP contribution >= 0.6 is 11.3 Å². The van der Waals surface area contributed by atoms with E-state index in [1.807, 2.05) is 13.8 Å². The molecule has 0 aromatic carbocycles. The summed E-state index contributed by atoms with van der Waals surface area (Å²) < 4.78 is 11.1. The molecule has 1 aliphatic rings. The summed E-state index contributed by atoms with van der Waals surface area (Å²) >= 11 is 1.80. The second-order valence-corrected chi connectivity index (χ2v) is 6.06. The Morgan fingerprint density at radius 2 is 2.05 bits per heavy atom. The standard InChI is InChI=1S/C15H21N3O2S/c1-3-19-12(20-4-2)8-16-14-13-10-6-5-7-11(10)21-15(13)18-9-17-14/h9,12H,3-8H2,1-2H3,(H,16,17,18). The van der Waals surface area contributed by atoms with Crippen LogP contribution in [-0.2, 0) is 22.3 Å². The monoisotopic (exact) mass is 307 g/mol. The van der Waals surface area contributed by atoms with Gasteiger partial charge in [-0.2, -0.15) is 0 Å².